The number of aromatic amines is 1. The number of aromatic nitrogens is 1. The summed E-state index contributed by atoms with van der Waals surface area (Å²) in [6.07, 6.45) is 0. The molecule has 94 valence electrons. The summed E-state index contributed by atoms with van der Waals surface area (Å²) in [5.74, 6) is 0. The lowest BCUT2D eigenvalue weighted by Crippen LogP contribution is -2.07. The Kier molecular flexibility index (Phi) is 2.61. The van der Waals surface area contributed by atoms with Crippen LogP contribution in [0.4, 0.5) is 4.39 Å². The molecule has 5 heteroatoms. The highest BCUT2D eigenvalue weighted by Gasteiger charge is 2.15. The Labute approximate surface area is 111 Å². The van der Waals surface area contributed by atoms with E-state index < -0.39 is 6.04 Å². The predicted molar refractivity (Wildman–Crippen MR) is 72.5 cm³/mol. The number of pyridine rings is 1. The molecule has 0 spiro atoms. The van der Waals surface area contributed by atoms with Crippen molar-refractivity contribution >= 4 is 39.4 Å². The Balaban J connectivity index is 2.64. The average molecular weight is 276 g/mol. The van der Waals surface area contributed by atoms with E-state index in [0.717, 1.165) is 0 Å². The van der Waals surface area contributed by atoms with Crippen LogP contribution in [0.2, 0.25) is 5.02 Å². The van der Waals surface area contributed by atoms with E-state index in [0.29, 0.717) is 10.9 Å². The van der Waals surface area contributed by atoms with Gasteiger partial charge in [-0.25, -0.2) is 0 Å². The van der Waals surface area contributed by atoms with Crippen LogP contribution in [0.25, 0.3) is 21.8 Å². The van der Waals surface area contributed by atoms with Gasteiger partial charge in [-0.15, -0.1) is 0 Å². The van der Waals surface area contributed by atoms with E-state index in [4.69, 9.17) is 11.6 Å². The molecule has 0 unspecified atom stereocenters. The van der Waals surface area contributed by atoms with Gasteiger partial charge in [-0.05, 0) is 24.3 Å². The van der Waals surface area contributed by atoms with Gasteiger partial charge in [0.25, 0.3) is 0 Å². The van der Waals surface area contributed by atoms with Crippen LogP contribution in [-0.2, 0) is 0 Å². The highest BCUT2D eigenvalue weighted by molar-refractivity contribution is 6.36. The van der Waals surface area contributed by atoms with Crippen molar-refractivity contribution in [1.82, 2.24) is 4.98 Å². The summed E-state index contributed by atoms with van der Waals surface area (Å²) in [4.78, 5) is 26.2. The molecule has 0 aliphatic rings. The largest absolute Gasteiger partial charge is 0.354 e. The SMILES string of the molecule is O=C(F)c1ccc(Cl)c2c(=O)c3ccccc3[nH]c12. The number of carbonyl (C=O) groups excluding carboxylic acids is 1. The molecule has 0 radical (unpaired) electrons. The van der Waals surface area contributed by atoms with Crippen molar-refractivity contribution in [3.05, 3.63) is 57.2 Å². The molecule has 0 saturated heterocycles. The van der Waals surface area contributed by atoms with Gasteiger partial charge in [-0.2, -0.15) is 4.39 Å². The van der Waals surface area contributed by atoms with Crippen LogP contribution in [0, 0.1) is 0 Å². The monoisotopic (exact) mass is 275 g/mol. The number of benzene rings is 2. The summed E-state index contributed by atoms with van der Waals surface area (Å²) in [5.41, 5.74) is 0.146. The molecule has 1 heterocycles. The summed E-state index contributed by atoms with van der Waals surface area (Å²) in [6.45, 7) is 0. The van der Waals surface area contributed by atoms with Gasteiger partial charge in [0.1, 0.15) is 0 Å². The van der Waals surface area contributed by atoms with Crippen LogP contribution >= 0.6 is 11.6 Å². The van der Waals surface area contributed by atoms with Crippen LogP contribution in [0.5, 0.6) is 0 Å². The van der Waals surface area contributed by atoms with Crippen molar-refractivity contribution in [3.8, 4) is 0 Å². The zero-order chi connectivity index (χ0) is 13.6. The molecule has 0 aliphatic carbocycles. The molecule has 0 aliphatic heterocycles. The van der Waals surface area contributed by atoms with E-state index in [2.05, 4.69) is 4.98 Å². The first-order valence-electron chi connectivity index (χ1n) is 5.52. The van der Waals surface area contributed by atoms with Gasteiger partial charge in [0.2, 0.25) is 0 Å². The standard InChI is InChI=1S/C14H7ClFNO2/c15-9-6-5-8(14(16)19)12-11(9)13(18)7-3-1-2-4-10(7)17-12/h1-6H,(H,17,18). The van der Waals surface area contributed by atoms with E-state index in [-0.39, 0.29) is 26.9 Å². The molecular formula is C14H7ClFNO2. The van der Waals surface area contributed by atoms with Gasteiger partial charge >= 0.3 is 6.04 Å². The van der Waals surface area contributed by atoms with Gasteiger partial charge in [0.15, 0.2) is 5.43 Å². The summed E-state index contributed by atoms with van der Waals surface area (Å²) in [5, 5.41) is 0.760. The number of fused-ring (bicyclic) bond motifs is 2. The Hall–Kier alpha value is -2.20. The second-order valence-corrected chi connectivity index (χ2v) is 4.53. The Morgan fingerprint density at radius 2 is 1.89 bits per heavy atom. The van der Waals surface area contributed by atoms with Crippen molar-refractivity contribution in [1.29, 1.82) is 0 Å². The number of hydrogen-bond donors (Lipinski definition) is 1. The first-order valence-corrected chi connectivity index (χ1v) is 5.90. The minimum Gasteiger partial charge on any atom is -0.354 e. The van der Waals surface area contributed by atoms with Crippen molar-refractivity contribution in [3.63, 3.8) is 0 Å². The minimum absolute atomic E-state index is 0.128. The normalized spacial score (nSPS) is 11.1. The number of nitrogens with one attached hydrogen (secondary N) is 1. The topological polar surface area (TPSA) is 49.9 Å². The molecule has 0 atom stereocenters. The van der Waals surface area contributed by atoms with Crippen molar-refractivity contribution in [2.45, 2.75) is 0 Å². The summed E-state index contributed by atoms with van der Waals surface area (Å²) in [6, 6.07) is 7.80. The summed E-state index contributed by atoms with van der Waals surface area (Å²) >= 11 is 5.99. The number of carbonyl (C=O) groups is 1. The zero-order valence-corrected chi connectivity index (χ0v) is 10.3. The van der Waals surface area contributed by atoms with E-state index in [1.54, 1.807) is 24.3 Å². The van der Waals surface area contributed by atoms with Crippen LogP contribution < -0.4 is 5.43 Å². The second-order valence-electron chi connectivity index (χ2n) is 4.12. The maximum atomic E-state index is 13.0. The number of para-hydroxylation sites is 1. The van der Waals surface area contributed by atoms with E-state index >= 15 is 0 Å². The molecule has 0 bridgehead atoms. The average Bonchev–Trinajstić information content (AvgIpc) is 2.38. The van der Waals surface area contributed by atoms with E-state index in [9.17, 15) is 14.0 Å². The Morgan fingerprint density at radius 3 is 2.63 bits per heavy atom. The number of rotatable bonds is 1. The fourth-order valence-corrected chi connectivity index (χ4v) is 2.40. The molecule has 3 nitrogen and oxygen atoms in total. The van der Waals surface area contributed by atoms with Crippen LogP contribution in [0.15, 0.2) is 41.2 Å². The zero-order valence-electron chi connectivity index (χ0n) is 9.54. The lowest BCUT2D eigenvalue weighted by molar-refractivity contribution is 0.0837. The smallest absolute Gasteiger partial charge is 0.334 e. The summed E-state index contributed by atoms with van der Waals surface area (Å²) in [7, 11) is 0. The first kappa shape index (κ1) is 11.9. The Bertz CT molecular complexity index is 886. The molecule has 1 N–H and O–H groups in total. The maximum absolute atomic E-state index is 13.0. The molecule has 3 rings (SSSR count). The molecule has 3 aromatic rings. The number of hydrogen-bond acceptors (Lipinski definition) is 2. The molecule has 0 saturated carbocycles. The van der Waals surface area contributed by atoms with Crippen molar-refractivity contribution in [2.24, 2.45) is 0 Å². The highest BCUT2D eigenvalue weighted by Crippen LogP contribution is 2.25. The van der Waals surface area contributed by atoms with E-state index in [1.165, 1.54) is 12.1 Å². The van der Waals surface area contributed by atoms with Gasteiger partial charge in [0, 0.05) is 10.9 Å². The summed E-state index contributed by atoms with van der Waals surface area (Å²) < 4.78 is 13.0. The lowest BCUT2D eigenvalue weighted by Gasteiger charge is -2.06. The first-order chi connectivity index (χ1) is 9.09. The van der Waals surface area contributed by atoms with Crippen LogP contribution in [-0.4, -0.2) is 11.0 Å². The molecule has 0 amide bonds. The van der Waals surface area contributed by atoms with Gasteiger partial charge < -0.3 is 4.98 Å². The van der Waals surface area contributed by atoms with Gasteiger partial charge in [-0.1, -0.05) is 23.7 Å². The maximum Gasteiger partial charge on any atom is 0.334 e. The lowest BCUT2D eigenvalue weighted by atomic mass is 10.1. The Morgan fingerprint density at radius 1 is 1.16 bits per heavy atom. The van der Waals surface area contributed by atoms with Gasteiger partial charge in [0.05, 0.1) is 21.5 Å². The number of H-pyrrole nitrogens is 1. The molecule has 2 aromatic carbocycles. The quantitative estimate of drug-likeness (QED) is 0.546. The molecular weight excluding hydrogens is 269 g/mol. The fraction of sp³-hybridized carbons (Fsp3) is 0. The van der Waals surface area contributed by atoms with Gasteiger partial charge in [-0.3, -0.25) is 9.59 Å². The second kappa shape index (κ2) is 4.17. The van der Waals surface area contributed by atoms with Crippen LogP contribution in [0.1, 0.15) is 10.4 Å². The van der Waals surface area contributed by atoms with Crippen molar-refractivity contribution < 1.29 is 9.18 Å². The van der Waals surface area contributed by atoms with Crippen molar-refractivity contribution in [2.75, 3.05) is 0 Å². The highest BCUT2D eigenvalue weighted by atomic mass is 35.5. The number of halogens is 2. The molecule has 0 fully saturated rings. The predicted octanol–water partition coefficient (Wildman–Crippen LogP) is 3.44. The third-order valence-electron chi connectivity index (χ3n) is 3.02. The fourth-order valence-electron chi connectivity index (χ4n) is 2.15. The molecule has 1 aromatic heterocycles. The third-order valence-corrected chi connectivity index (χ3v) is 3.34. The molecule has 19 heavy (non-hydrogen) atoms. The minimum atomic E-state index is -1.60. The third kappa shape index (κ3) is 1.72. The van der Waals surface area contributed by atoms with Crippen LogP contribution in [0.3, 0.4) is 0 Å². The van der Waals surface area contributed by atoms with E-state index in [1.807, 2.05) is 0 Å².